The Kier molecular flexibility index (Phi) is 8.51. The topological polar surface area (TPSA) is 65.9 Å². The van der Waals surface area contributed by atoms with Crippen molar-refractivity contribution < 1.29 is 9.84 Å². The predicted octanol–water partition coefficient (Wildman–Crippen LogP) is 3.72. The van der Waals surface area contributed by atoms with Crippen molar-refractivity contribution >= 4 is 41.3 Å². The van der Waals surface area contributed by atoms with Gasteiger partial charge in [-0.15, -0.1) is 35.3 Å². The zero-order valence-electron chi connectivity index (χ0n) is 15.0. The van der Waals surface area contributed by atoms with Crippen LogP contribution in [0.25, 0.3) is 0 Å². The first-order chi connectivity index (χ1) is 11.5. The summed E-state index contributed by atoms with van der Waals surface area (Å²) in [5.74, 6) is 1.64. The molecule has 0 bridgehead atoms. The minimum atomic E-state index is 0. The summed E-state index contributed by atoms with van der Waals surface area (Å²) in [5, 5.41) is 18.6. The lowest BCUT2D eigenvalue weighted by Gasteiger charge is -2.25. The molecule has 25 heavy (non-hydrogen) atoms. The van der Waals surface area contributed by atoms with Gasteiger partial charge in [0.1, 0.15) is 11.5 Å². The molecular weight excluding hydrogens is 449 g/mol. The van der Waals surface area contributed by atoms with E-state index in [1.54, 1.807) is 37.6 Å². The molecule has 0 aliphatic heterocycles. The first-order valence-corrected chi connectivity index (χ1v) is 8.68. The fraction of sp³-hybridized carbons (Fsp3) is 0.389. The minimum Gasteiger partial charge on any atom is -0.508 e. The van der Waals surface area contributed by atoms with Gasteiger partial charge in [-0.2, -0.15) is 0 Å². The summed E-state index contributed by atoms with van der Waals surface area (Å²) in [6, 6.07) is 9.39. The van der Waals surface area contributed by atoms with E-state index in [9.17, 15) is 5.11 Å². The smallest absolute Gasteiger partial charge is 0.191 e. The van der Waals surface area contributed by atoms with Crippen LogP contribution in [-0.4, -0.2) is 31.8 Å². The van der Waals surface area contributed by atoms with E-state index < -0.39 is 0 Å². The van der Waals surface area contributed by atoms with Gasteiger partial charge >= 0.3 is 0 Å². The molecular formula is C18H26IN3O2S. The van der Waals surface area contributed by atoms with Crippen LogP contribution >= 0.6 is 35.3 Å². The second-order valence-corrected chi connectivity index (χ2v) is 7.08. The Morgan fingerprint density at radius 3 is 2.64 bits per heavy atom. The number of halogens is 1. The van der Waals surface area contributed by atoms with E-state index in [0.29, 0.717) is 18.3 Å². The van der Waals surface area contributed by atoms with Gasteiger partial charge in [-0.1, -0.05) is 19.9 Å². The first kappa shape index (κ1) is 21.6. The SMILES string of the molecule is CN=C(NCc1cc(OC)ccc1O)NCC(C)(C)c1cccs1.I. The predicted molar refractivity (Wildman–Crippen MR) is 116 cm³/mol. The Labute approximate surface area is 170 Å². The summed E-state index contributed by atoms with van der Waals surface area (Å²) in [5.41, 5.74) is 0.777. The lowest BCUT2D eigenvalue weighted by Crippen LogP contribution is -2.42. The highest BCUT2D eigenvalue weighted by Gasteiger charge is 2.21. The standard InChI is InChI=1S/C18H25N3O2S.HI/c1-18(2,16-6-5-9-24-16)12-21-17(19-3)20-11-13-10-14(23-4)7-8-15(13)22;/h5-10,22H,11-12H2,1-4H3,(H2,19,20,21);1H. The quantitative estimate of drug-likeness (QED) is 0.339. The average molecular weight is 475 g/mol. The number of aromatic hydroxyl groups is 1. The number of phenols is 1. The van der Waals surface area contributed by atoms with Crippen molar-refractivity contribution in [3.63, 3.8) is 0 Å². The third-order valence-corrected chi connectivity index (χ3v) is 5.08. The van der Waals surface area contributed by atoms with Crippen molar-refractivity contribution in [2.45, 2.75) is 25.8 Å². The number of aliphatic imine (C=N–C) groups is 1. The van der Waals surface area contributed by atoms with Crippen molar-refractivity contribution in [2.24, 2.45) is 4.99 Å². The van der Waals surface area contributed by atoms with E-state index in [2.05, 4.69) is 47.0 Å². The number of hydrogen-bond acceptors (Lipinski definition) is 4. The highest BCUT2D eigenvalue weighted by atomic mass is 127. The van der Waals surface area contributed by atoms with Crippen LogP contribution in [0, 0.1) is 0 Å². The molecule has 0 spiro atoms. The van der Waals surface area contributed by atoms with Crippen LogP contribution in [0.15, 0.2) is 40.7 Å². The Morgan fingerprint density at radius 2 is 2.04 bits per heavy atom. The van der Waals surface area contributed by atoms with Gasteiger partial charge in [0.15, 0.2) is 5.96 Å². The van der Waals surface area contributed by atoms with Crippen molar-refractivity contribution in [3.8, 4) is 11.5 Å². The van der Waals surface area contributed by atoms with E-state index >= 15 is 0 Å². The fourth-order valence-corrected chi connectivity index (χ4v) is 3.14. The number of guanidine groups is 1. The van der Waals surface area contributed by atoms with Crippen LogP contribution in [0.2, 0.25) is 0 Å². The average Bonchev–Trinajstić information content (AvgIpc) is 3.12. The zero-order chi connectivity index (χ0) is 17.6. The lowest BCUT2D eigenvalue weighted by molar-refractivity contribution is 0.410. The first-order valence-electron chi connectivity index (χ1n) is 7.80. The Balaban J connectivity index is 0.00000312. The summed E-state index contributed by atoms with van der Waals surface area (Å²) < 4.78 is 5.19. The van der Waals surface area contributed by atoms with Crippen LogP contribution in [-0.2, 0) is 12.0 Å². The van der Waals surface area contributed by atoms with Crippen molar-refractivity contribution in [1.29, 1.82) is 0 Å². The maximum atomic E-state index is 9.95. The molecule has 0 saturated carbocycles. The van der Waals surface area contributed by atoms with Crippen LogP contribution in [0.4, 0.5) is 0 Å². The van der Waals surface area contributed by atoms with Crippen molar-refractivity contribution in [2.75, 3.05) is 20.7 Å². The molecule has 0 atom stereocenters. The third-order valence-electron chi connectivity index (χ3n) is 3.84. The van der Waals surface area contributed by atoms with E-state index in [1.165, 1.54) is 4.88 Å². The molecule has 0 unspecified atom stereocenters. The summed E-state index contributed by atoms with van der Waals surface area (Å²) in [4.78, 5) is 5.57. The fourth-order valence-electron chi connectivity index (χ4n) is 2.29. The number of phenolic OH excluding ortho intramolecular Hbond substituents is 1. The molecule has 0 amide bonds. The van der Waals surface area contributed by atoms with Crippen LogP contribution < -0.4 is 15.4 Å². The van der Waals surface area contributed by atoms with Gasteiger partial charge in [-0.05, 0) is 29.6 Å². The monoisotopic (exact) mass is 475 g/mol. The summed E-state index contributed by atoms with van der Waals surface area (Å²) in [6.07, 6.45) is 0. The molecule has 1 aromatic heterocycles. The molecule has 2 rings (SSSR count). The summed E-state index contributed by atoms with van der Waals surface area (Å²) in [7, 11) is 3.34. The van der Waals surface area contributed by atoms with Gasteiger partial charge in [0.2, 0.25) is 0 Å². The summed E-state index contributed by atoms with van der Waals surface area (Å²) in [6.45, 7) is 5.62. The third kappa shape index (κ3) is 6.07. The highest BCUT2D eigenvalue weighted by Crippen LogP contribution is 2.26. The molecule has 0 saturated heterocycles. The zero-order valence-corrected chi connectivity index (χ0v) is 18.1. The molecule has 138 valence electrons. The molecule has 7 heteroatoms. The lowest BCUT2D eigenvalue weighted by atomic mass is 9.91. The number of nitrogens with one attached hydrogen (secondary N) is 2. The van der Waals surface area contributed by atoms with E-state index in [1.807, 2.05) is 6.07 Å². The summed E-state index contributed by atoms with van der Waals surface area (Å²) >= 11 is 1.76. The van der Waals surface area contributed by atoms with Crippen LogP contribution in [0.1, 0.15) is 24.3 Å². The van der Waals surface area contributed by atoms with E-state index in [-0.39, 0.29) is 35.1 Å². The van der Waals surface area contributed by atoms with Crippen molar-refractivity contribution in [3.05, 3.63) is 46.2 Å². The number of methoxy groups -OCH3 is 1. The number of nitrogens with zero attached hydrogens (tertiary/aromatic N) is 1. The van der Waals surface area contributed by atoms with E-state index in [4.69, 9.17) is 4.74 Å². The number of ether oxygens (including phenoxy) is 1. The van der Waals surface area contributed by atoms with Gasteiger partial charge in [-0.3, -0.25) is 4.99 Å². The number of hydrogen-bond donors (Lipinski definition) is 3. The molecule has 0 aliphatic rings. The number of thiophene rings is 1. The number of rotatable bonds is 6. The molecule has 3 N–H and O–H groups in total. The molecule has 0 fully saturated rings. The maximum Gasteiger partial charge on any atom is 0.191 e. The molecule has 5 nitrogen and oxygen atoms in total. The Hall–Kier alpha value is -1.48. The maximum absolute atomic E-state index is 9.95. The molecule has 1 heterocycles. The Morgan fingerprint density at radius 1 is 1.28 bits per heavy atom. The molecule has 1 aromatic carbocycles. The van der Waals surface area contributed by atoms with E-state index in [0.717, 1.165) is 12.1 Å². The number of benzene rings is 1. The largest absolute Gasteiger partial charge is 0.508 e. The van der Waals surface area contributed by atoms with Gasteiger partial charge in [-0.25, -0.2) is 0 Å². The Bertz CT molecular complexity index is 688. The van der Waals surface area contributed by atoms with Gasteiger partial charge in [0, 0.05) is 36.0 Å². The highest BCUT2D eigenvalue weighted by molar-refractivity contribution is 14.0. The molecule has 0 radical (unpaired) electrons. The molecule has 0 aliphatic carbocycles. The van der Waals surface area contributed by atoms with Gasteiger partial charge < -0.3 is 20.5 Å². The minimum absolute atomic E-state index is 0. The van der Waals surface area contributed by atoms with Gasteiger partial charge in [0.25, 0.3) is 0 Å². The van der Waals surface area contributed by atoms with Crippen LogP contribution in [0.3, 0.4) is 0 Å². The van der Waals surface area contributed by atoms with Gasteiger partial charge in [0.05, 0.1) is 7.11 Å². The second kappa shape index (κ2) is 9.86. The van der Waals surface area contributed by atoms with Crippen LogP contribution in [0.5, 0.6) is 11.5 Å². The second-order valence-electron chi connectivity index (χ2n) is 6.14. The molecule has 2 aromatic rings. The van der Waals surface area contributed by atoms with Crippen molar-refractivity contribution in [1.82, 2.24) is 10.6 Å². The normalized spacial score (nSPS) is 11.6.